The maximum absolute atomic E-state index is 13.1. The second kappa shape index (κ2) is 6.85. The number of fused-ring (bicyclic) bond motifs is 1. The minimum atomic E-state index is -0.295. The number of carbonyl (C=O) groups excluding carboxylic acids is 2. The van der Waals surface area contributed by atoms with Crippen LogP contribution in [0.15, 0.2) is 48.5 Å². The molecule has 3 aromatic rings. The van der Waals surface area contributed by atoms with Gasteiger partial charge in [-0.3, -0.25) is 9.59 Å². The van der Waals surface area contributed by atoms with Crippen molar-refractivity contribution in [1.29, 1.82) is 0 Å². The maximum Gasteiger partial charge on any atom is 0.265 e. The van der Waals surface area contributed by atoms with Gasteiger partial charge in [0.15, 0.2) is 6.61 Å². The summed E-state index contributed by atoms with van der Waals surface area (Å²) in [6, 6.07) is 13.1. The van der Waals surface area contributed by atoms with Gasteiger partial charge in [-0.05, 0) is 48.4 Å². The van der Waals surface area contributed by atoms with Crippen molar-refractivity contribution in [3.8, 4) is 16.2 Å². The van der Waals surface area contributed by atoms with Crippen LogP contribution in [0.1, 0.15) is 15.2 Å². The van der Waals surface area contributed by atoms with E-state index in [0.29, 0.717) is 22.0 Å². The number of ether oxygens (including phenoxy) is 1. The van der Waals surface area contributed by atoms with Crippen molar-refractivity contribution in [2.24, 2.45) is 0 Å². The standard InChI is InChI=1S/C20H15FN2O3S/c1-11-8-17(27-19(11)12-2-4-13(21)5-3-12)20(25)22-14-6-7-15-16(9-14)26-10-18(24)23-15/h2-9H,10H2,1H3,(H,22,25)(H,23,24). The van der Waals surface area contributed by atoms with Gasteiger partial charge < -0.3 is 15.4 Å². The number of nitrogens with one attached hydrogen (secondary N) is 2. The van der Waals surface area contributed by atoms with Gasteiger partial charge in [0.25, 0.3) is 11.8 Å². The van der Waals surface area contributed by atoms with Crippen molar-refractivity contribution < 1.29 is 18.7 Å². The first kappa shape index (κ1) is 17.2. The van der Waals surface area contributed by atoms with Gasteiger partial charge >= 0.3 is 0 Å². The molecule has 0 atom stereocenters. The molecule has 5 nitrogen and oxygen atoms in total. The van der Waals surface area contributed by atoms with E-state index in [1.807, 2.05) is 13.0 Å². The van der Waals surface area contributed by atoms with E-state index in [1.54, 1.807) is 30.3 Å². The fourth-order valence-electron chi connectivity index (χ4n) is 2.83. The fraction of sp³-hybridized carbons (Fsp3) is 0.100. The van der Waals surface area contributed by atoms with Gasteiger partial charge in [-0.15, -0.1) is 11.3 Å². The van der Waals surface area contributed by atoms with Crippen LogP contribution in [-0.2, 0) is 4.79 Å². The van der Waals surface area contributed by atoms with Gasteiger partial charge in [0.1, 0.15) is 11.6 Å². The second-order valence-corrected chi connectivity index (χ2v) is 7.18. The molecule has 0 fully saturated rings. The molecule has 1 aromatic heterocycles. The number of aryl methyl sites for hydroxylation is 1. The molecule has 7 heteroatoms. The summed E-state index contributed by atoms with van der Waals surface area (Å²) >= 11 is 1.35. The van der Waals surface area contributed by atoms with Crippen molar-refractivity contribution in [3.63, 3.8) is 0 Å². The number of hydrogen-bond donors (Lipinski definition) is 2. The highest BCUT2D eigenvalue weighted by Gasteiger charge is 2.18. The molecular weight excluding hydrogens is 367 g/mol. The highest BCUT2D eigenvalue weighted by Crippen LogP contribution is 2.34. The topological polar surface area (TPSA) is 67.4 Å². The van der Waals surface area contributed by atoms with E-state index in [2.05, 4.69) is 10.6 Å². The van der Waals surface area contributed by atoms with Gasteiger partial charge in [0, 0.05) is 16.6 Å². The zero-order valence-electron chi connectivity index (χ0n) is 14.3. The van der Waals surface area contributed by atoms with Crippen LogP contribution in [0.2, 0.25) is 0 Å². The van der Waals surface area contributed by atoms with Crippen molar-refractivity contribution in [2.45, 2.75) is 6.92 Å². The normalized spacial score (nSPS) is 12.7. The Morgan fingerprint density at radius 3 is 2.74 bits per heavy atom. The lowest BCUT2D eigenvalue weighted by Crippen LogP contribution is -2.25. The molecule has 2 aromatic carbocycles. The lowest BCUT2D eigenvalue weighted by atomic mass is 10.1. The molecule has 2 N–H and O–H groups in total. The zero-order valence-corrected chi connectivity index (χ0v) is 15.2. The van der Waals surface area contributed by atoms with E-state index in [-0.39, 0.29) is 24.2 Å². The number of benzene rings is 2. The van der Waals surface area contributed by atoms with Crippen LogP contribution < -0.4 is 15.4 Å². The number of halogens is 1. The van der Waals surface area contributed by atoms with Crippen molar-refractivity contribution in [3.05, 3.63) is 64.8 Å². The van der Waals surface area contributed by atoms with E-state index in [0.717, 1.165) is 16.0 Å². The Kier molecular flexibility index (Phi) is 4.37. The third-order valence-electron chi connectivity index (χ3n) is 4.12. The molecule has 1 aliphatic heterocycles. The Labute approximate surface area is 158 Å². The Bertz CT molecular complexity index is 1040. The van der Waals surface area contributed by atoms with Crippen LogP contribution in [0.25, 0.3) is 10.4 Å². The molecule has 0 radical (unpaired) electrons. The van der Waals surface area contributed by atoms with Crippen LogP contribution in [0, 0.1) is 12.7 Å². The van der Waals surface area contributed by atoms with Crippen molar-refractivity contribution in [2.75, 3.05) is 17.2 Å². The molecule has 4 rings (SSSR count). The lowest BCUT2D eigenvalue weighted by molar-refractivity contribution is -0.118. The molecule has 0 aliphatic carbocycles. The number of amides is 2. The minimum Gasteiger partial charge on any atom is -0.482 e. The summed E-state index contributed by atoms with van der Waals surface area (Å²) in [6.45, 7) is 1.87. The highest BCUT2D eigenvalue weighted by molar-refractivity contribution is 7.17. The molecule has 27 heavy (non-hydrogen) atoms. The molecular formula is C20H15FN2O3S. The molecule has 0 saturated heterocycles. The molecule has 0 unspecified atom stereocenters. The third kappa shape index (κ3) is 3.54. The van der Waals surface area contributed by atoms with E-state index < -0.39 is 0 Å². The quantitative estimate of drug-likeness (QED) is 0.703. The van der Waals surface area contributed by atoms with Gasteiger partial charge in [0.2, 0.25) is 0 Å². The van der Waals surface area contributed by atoms with Crippen LogP contribution >= 0.6 is 11.3 Å². The van der Waals surface area contributed by atoms with Gasteiger partial charge in [-0.2, -0.15) is 0 Å². The molecule has 2 heterocycles. The smallest absolute Gasteiger partial charge is 0.265 e. The third-order valence-corrected chi connectivity index (χ3v) is 5.41. The molecule has 0 bridgehead atoms. The Morgan fingerprint density at radius 1 is 1.19 bits per heavy atom. The lowest BCUT2D eigenvalue weighted by Gasteiger charge is -2.18. The summed E-state index contributed by atoms with van der Waals surface area (Å²) in [6.07, 6.45) is 0. The summed E-state index contributed by atoms with van der Waals surface area (Å²) in [4.78, 5) is 25.4. The summed E-state index contributed by atoms with van der Waals surface area (Å²) in [5.74, 6) is -0.226. The van der Waals surface area contributed by atoms with E-state index in [9.17, 15) is 14.0 Å². The van der Waals surface area contributed by atoms with Gasteiger partial charge in [-0.25, -0.2) is 4.39 Å². The first-order valence-corrected chi connectivity index (χ1v) is 9.06. The van der Waals surface area contributed by atoms with Crippen LogP contribution in [0.4, 0.5) is 15.8 Å². The summed E-state index contributed by atoms with van der Waals surface area (Å²) < 4.78 is 18.5. The van der Waals surface area contributed by atoms with E-state index in [4.69, 9.17) is 4.74 Å². The Balaban J connectivity index is 1.54. The second-order valence-electron chi connectivity index (χ2n) is 6.13. The average molecular weight is 382 g/mol. The Morgan fingerprint density at radius 2 is 1.96 bits per heavy atom. The molecule has 136 valence electrons. The predicted molar refractivity (Wildman–Crippen MR) is 103 cm³/mol. The average Bonchev–Trinajstić information content (AvgIpc) is 3.04. The molecule has 1 aliphatic rings. The highest BCUT2D eigenvalue weighted by atomic mass is 32.1. The zero-order chi connectivity index (χ0) is 19.0. The predicted octanol–water partition coefficient (Wildman–Crippen LogP) is 4.45. The summed E-state index contributed by atoms with van der Waals surface area (Å²) in [5.41, 5.74) is 2.98. The van der Waals surface area contributed by atoms with Crippen LogP contribution in [0.3, 0.4) is 0 Å². The first-order valence-electron chi connectivity index (χ1n) is 8.24. The SMILES string of the molecule is Cc1cc(C(=O)Nc2ccc3c(c2)OCC(=O)N3)sc1-c1ccc(F)cc1. The van der Waals surface area contributed by atoms with Crippen molar-refractivity contribution in [1.82, 2.24) is 0 Å². The summed E-state index contributed by atoms with van der Waals surface area (Å²) in [5, 5.41) is 5.54. The minimum absolute atomic E-state index is 0.0461. The summed E-state index contributed by atoms with van der Waals surface area (Å²) in [7, 11) is 0. The van der Waals surface area contributed by atoms with Crippen molar-refractivity contribution >= 4 is 34.5 Å². The van der Waals surface area contributed by atoms with Gasteiger partial charge in [-0.1, -0.05) is 12.1 Å². The largest absolute Gasteiger partial charge is 0.482 e. The molecule has 0 saturated carbocycles. The van der Waals surface area contributed by atoms with E-state index >= 15 is 0 Å². The van der Waals surface area contributed by atoms with E-state index in [1.165, 1.54) is 23.5 Å². The molecule has 0 spiro atoms. The monoisotopic (exact) mass is 382 g/mol. The number of carbonyl (C=O) groups is 2. The number of rotatable bonds is 3. The number of anilines is 2. The Hall–Kier alpha value is -3.19. The van der Waals surface area contributed by atoms with Crippen LogP contribution in [-0.4, -0.2) is 18.4 Å². The maximum atomic E-state index is 13.1. The fourth-order valence-corrected chi connectivity index (χ4v) is 3.90. The molecule has 2 amide bonds. The number of hydrogen-bond acceptors (Lipinski definition) is 4. The number of thiophene rings is 1. The first-order chi connectivity index (χ1) is 13.0. The van der Waals surface area contributed by atoms with Crippen LogP contribution in [0.5, 0.6) is 5.75 Å². The van der Waals surface area contributed by atoms with Gasteiger partial charge in [0.05, 0.1) is 10.6 Å².